The fraction of sp³-hybridized carbons (Fsp3) is 0.438. The molecule has 0 amide bonds. The quantitative estimate of drug-likeness (QED) is 0.863. The minimum absolute atomic E-state index is 0.153. The van der Waals surface area contributed by atoms with Crippen LogP contribution in [0.15, 0.2) is 36.5 Å². The number of benzene rings is 1. The summed E-state index contributed by atoms with van der Waals surface area (Å²) in [4.78, 5) is 4.34. The third-order valence-corrected chi connectivity index (χ3v) is 2.90. The van der Waals surface area contributed by atoms with Gasteiger partial charge in [0.05, 0.1) is 5.52 Å². The van der Waals surface area contributed by atoms with E-state index < -0.39 is 0 Å². The Kier molecular flexibility index (Phi) is 4.74. The second kappa shape index (κ2) is 6.53. The SMILES string of the molecule is CC(C)CNCC(C)Oc1ccc2cccnc2c1. The standard InChI is InChI=1S/C16H22N2O/c1-12(2)10-17-11-13(3)19-15-7-6-14-5-4-8-18-16(14)9-15/h4-9,12-13,17H,10-11H2,1-3H3. The maximum absolute atomic E-state index is 5.90. The number of hydrogen-bond donors (Lipinski definition) is 1. The average molecular weight is 258 g/mol. The zero-order valence-corrected chi connectivity index (χ0v) is 11.9. The summed E-state index contributed by atoms with van der Waals surface area (Å²) in [5.74, 6) is 1.54. The molecular formula is C16H22N2O. The van der Waals surface area contributed by atoms with Crippen molar-refractivity contribution in [2.75, 3.05) is 13.1 Å². The van der Waals surface area contributed by atoms with Gasteiger partial charge in [0, 0.05) is 24.2 Å². The molecule has 3 nitrogen and oxygen atoms in total. The van der Waals surface area contributed by atoms with Crippen molar-refractivity contribution in [3.05, 3.63) is 36.5 Å². The smallest absolute Gasteiger partial charge is 0.121 e. The highest BCUT2D eigenvalue weighted by Crippen LogP contribution is 2.19. The fourth-order valence-corrected chi connectivity index (χ4v) is 1.97. The second-order valence-corrected chi connectivity index (χ2v) is 5.34. The molecular weight excluding hydrogens is 236 g/mol. The van der Waals surface area contributed by atoms with Crippen LogP contribution in [0.1, 0.15) is 20.8 Å². The summed E-state index contributed by atoms with van der Waals surface area (Å²) in [6.45, 7) is 8.36. The number of rotatable bonds is 6. The molecule has 1 aromatic heterocycles. The van der Waals surface area contributed by atoms with Crippen LogP contribution in [0.4, 0.5) is 0 Å². The molecule has 1 atom stereocenters. The van der Waals surface area contributed by atoms with Crippen molar-refractivity contribution >= 4 is 10.9 Å². The summed E-state index contributed by atoms with van der Waals surface area (Å²) in [6.07, 6.45) is 1.96. The number of pyridine rings is 1. The number of ether oxygens (including phenoxy) is 1. The largest absolute Gasteiger partial charge is 0.489 e. The second-order valence-electron chi connectivity index (χ2n) is 5.34. The molecule has 0 aliphatic carbocycles. The highest BCUT2D eigenvalue weighted by molar-refractivity contribution is 5.79. The van der Waals surface area contributed by atoms with Crippen LogP contribution in [0.2, 0.25) is 0 Å². The van der Waals surface area contributed by atoms with Crippen LogP contribution in [0.25, 0.3) is 10.9 Å². The molecule has 0 aliphatic heterocycles. The van der Waals surface area contributed by atoms with Crippen molar-refractivity contribution in [1.29, 1.82) is 0 Å². The number of hydrogen-bond acceptors (Lipinski definition) is 3. The van der Waals surface area contributed by atoms with Gasteiger partial charge in [-0.2, -0.15) is 0 Å². The number of nitrogens with zero attached hydrogens (tertiary/aromatic N) is 1. The maximum Gasteiger partial charge on any atom is 0.121 e. The van der Waals surface area contributed by atoms with Gasteiger partial charge in [-0.3, -0.25) is 4.98 Å². The Labute approximate surface area is 115 Å². The summed E-state index contributed by atoms with van der Waals surface area (Å²) in [7, 11) is 0. The van der Waals surface area contributed by atoms with E-state index in [0.29, 0.717) is 5.92 Å². The van der Waals surface area contributed by atoms with E-state index in [4.69, 9.17) is 4.74 Å². The van der Waals surface area contributed by atoms with Gasteiger partial charge >= 0.3 is 0 Å². The van der Waals surface area contributed by atoms with E-state index in [0.717, 1.165) is 29.7 Å². The van der Waals surface area contributed by atoms with Crippen LogP contribution in [0.5, 0.6) is 5.75 Å². The Balaban J connectivity index is 1.93. The first-order chi connectivity index (χ1) is 9.15. The first-order valence-corrected chi connectivity index (χ1v) is 6.87. The van der Waals surface area contributed by atoms with Gasteiger partial charge in [-0.15, -0.1) is 0 Å². The molecule has 0 aliphatic rings. The normalized spacial score (nSPS) is 12.8. The summed E-state index contributed by atoms with van der Waals surface area (Å²) in [6, 6.07) is 10.0. The van der Waals surface area contributed by atoms with Gasteiger partial charge in [0.1, 0.15) is 11.9 Å². The first kappa shape index (κ1) is 13.8. The van der Waals surface area contributed by atoms with Crippen LogP contribution in [0.3, 0.4) is 0 Å². The van der Waals surface area contributed by atoms with Gasteiger partial charge in [-0.1, -0.05) is 19.9 Å². The third-order valence-electron chi connectivity index (χ3n) is 2.90. The van der Waals surface area contributed by atoms with Gasteiger partial charge in [-0.05, 0) is 37.6 Å². The van der Waals surface area contributed by atoms with Crippen molar-refractivity contribution in [3.63, 3.8) is 0 Å². The Morgan fingerprint density at radius 3 is 2.79 bits per heavy atom. The lowest BCUT2D eigenvalue weighted by molar-refractivity contribution is 0.216. The number of aromatic nitrogens is 1. The average Bonchev–Trinajstić information content (AvgIpc) is 2.38. The molecule has 0 radical (unpaired) electrons. The number of nitrogens with one attached hydrogen (secondary N) is 1. The lowest BCUT2D eigenvalue weighted by Gasteiger charge is -2.16. The highest BCUT2D eigenvalue weighted by atomic mass is 16.5. The van der Waals surface area contributed by atoms with E-state index in [1.165, 1.54) is 0 Å². The molecule has 1 unspecified atom stereocenters. The van der Waals surface area contributed by atoms with Crippen LogP contribution < -0.4 is 10.1 Å². The fourth-order valence-electron chi connectivity index (χ4n) is 1.97. The minimum atomic E-state index is 0.153. The van der Waals surface area contributed by atoms with Gasteiger partial charge in [0.15, 0.2) is 0 Å². The highest BCUT2D eigenvalue weighted by Gasteiger charge is 2.05. The molecule has 1 aromatic carbocycles. The molecule has 0 fully saturated rings. The van der Waals surface area contributed by atoms with Crippen LogP contribution in [0, 0.1) is 5.92 Å². The lowest BCUT2D eigenvalue weighted by atomic mass is 10.2. The van der Waals surface area contributed by atoms with Gasteiger partial charge in [0.2, 0.25) is 0 Å². The zero-order valence-electron chi connectivity index (χ0n) is 11.9. The van der Waals surface area contributed by atoms with Crippen LogP contribution in [-0.2, 0) is 0 Å². The first-order valence-electron chi connectivity index (χ1n) is 6.87. The van der Waals surface area contributed by atoms with E-state index in [1.54, 1.807) is 6.20 Å². The van der Waals surface area contributed by atoms with Gasteiger partial charge < -0.3 is 10.1 Å². The summed E-state index contributed by atoms with van der Waals surface area (Å²) in [5.41, 5.74) is 0.974. The molecule has 0 bridgehead atoms. The predicted molar refractivity (Wildman–Crippen MR) is 79.5 cm³/mol. The molecule has 1 heterocycles. The minimum Gasteiger partial charge on any atom is -0.489 e. The van der Waals surface area contributed by atoms with E-state index in [1.807, 2.05) is 24.3 Å². The molecule has 0 spiro atoms. The molecule has 3 heteroatoms. The lowest BCUT2D eigenvalue weighted by Crippen LogP contribution is -2.31. The van der Waals surface area contributed by atoms with Crippen molar-refractivity contribution in [3.8, 4) is 5.75 Å². The Morgan fingerprint density at radius 2 is 2.00 bits per heavy atom. The topological polar surface area (TPSA) is 34.1 Å². The Morgan fingerprint density at radius 1 is 1.16 bits per heavy atom. The summed E-state index contributed by atoms with van der Waals surface area (Å²) < 4.78 is 5.90. The van der Waals surface area contributed by atoms with Crippen molar-refractivity contribution in [1.82, 2.24) is 10.3 Å². The molecule has 102 valence electrons. The van der Waals surface area contributed by atoms with E-state index in [9.17, 15) is 0 Å². The van der Waals surface area contributed by atoms with E-state index in [2.05, 4.69) is 37.1 Å². The molecule has 0 saturated carbocycles. The molecule has 2 rings (SSSR count). The predicted octanol–water partition coefficient (Wildman–Crippen LogP) is 3.25. The van der Waals surface area contributed by atoms with Crippen LogP contribution >= 0.6 is 0 Å². The molecule has 0 saturated heterocycles. The van der Waals surface area contributed by atoms with Crippen molar-refractivity contribution < 1.29 is 4.74 Å². The molecule has 19 heavy (non-hydrogen) atoms. The third kappa shape index (κ3) is 4.21. The van der Waals surface area contributed by atoms with Gasteiger partial charge in [0.25, 0.3) is 0 Å². The monoisotopic (exact) mass is 258 g/mol. The maximum atomic E-state index is 5.90. The number of fused-ring (bicyclic) bond motifs is 1. The van der Waals surface area contributed by atoms with E-state index >= 15 is 0 Å². The van der Waals surface area contributed by atoms with E-state index in [-0.39, 0.29) is 6.10 Å². The van der Waals surface area contributed by atoms with Crippen molar-refractivity contribution in [2.45, 2.75) is 26.9 Å². The molecule has 1 N–H and O–H groups in total. The summed E-state index contributed by atoms with van der Waals surface area (Å²) >= 11 is 0. The van der Waals surface area contributed by atoms with Gasteiger partial charge in [-0.25, -0.2) is 0 Å². The zero-order chi connectivity index (χ0) is 13.7. The van der Waals surface area contributed by atoms with Crippen LogP contribution in [-0.4, -0.2) is 24.2 Å². The summed E-state index contributed by atoms with van der Waals surface area (Å²) in [5, 5.41) is 4.54. The molecule has 2 aromatic rings. The van der Waals surface area contributed by atoms with Crippen molar-refractivity contribution in [2.24, 2.45) is 5.92 Å². The Hall–Kier alpha value is -1.61. The Bertz CT molecular complexity index is 525.